The van der Waals surface area contributed by atoms with E-state index >= 15 is 0 Å². The molecule has 3 nitrogen and oxygen atoms in total. The maximum Gasteiger partial charge on any atom is 0.157 e. The lowest BCUT2D eigenvalue weighted by Gasteiger charge is -2.56. The first-order valence-corrected chi connectivity index (χ1v) is 7.76. The van der Waals surface area contributed by atoms with E-state index in [-0.39, 0.29) is 12.0 Å². The summed E-state index contributed by atoms with van der Waals surface area (Å²) in [6, 6.07) is 9.19. The number of aromatic nitrogens is 1. The lowest BCUT2D eigenvalue weighted by atomic mass is 9.67. The Balaban J connectivity index is 1.76. The van der Waals surface area contributed by atoms with Crippen LogP contribution in [0.4, 0.5) is 0 Å². The lowest BCUT2D eigenvalue weighted by molar-refractivity contribution is -0.141. The second kappa shape index (κ2) is 3.66. The predicted molar refractivity (Wildman–Crippen MR) is 82.1 cm³/mol. The van der Waals surface area contributed by atoms with Gasteiger partial charge in [-0.25, -0.2) is 0 Å². The van der Waals surface area contributed by atoms with E-state index < -0.39 is 0 Å². The van der Waals surface area contributed by atoms with Crippen LogP contribution in [0.15, 0.2) is 36.4 Å². The van der Waals surface area contributed by atoms with E-state index in [1.165, 1.54) is 22.2 Å². The largest absolute Gasteiger partial charge is 0.357 e. The molecule has 106 valence electrons. The number of para-hydroxylation sites is 1. The first-order valence-electron chi connectivity index (χ1n) is 7.76. The van der Waals surface area contributed by atoms with Gasteiger partial charge >= 0.3 is 0 Å². The highest BCUT2D eigenvalue weighted by Gasteiger charge is 2.54. The minimum Gasteiger partial charge on any atom is -0.357 e. The van der Waals surface area contributed by atoms with Gasteiger partial charge in [-0.15, -0.1) is 0 Å². The average molecular weight is 278 g/mol. The highest BCUT2D eigenvalue weighted by Crippen LogP contribution is 2.52. The van der Waals surface area contributed by atoms with Crippen molar-refractivity contribution in [2.24, 2.45) is 5.92 Å². The molecule has 6 rings (SSSR count). The molecule has 0 spiro atoms. The number of fused-ring (bicyclic) bond motifs is 4. The Kier molecular flexibility index (Phi) is 2.05. The number of rotatable bonds is 0. The van der Waals surface area contributed by atoms with E-state index in [1.54, 1.807) is 0 Å². The Labute approximate surface area is 123 Å². The topological polar surface area (TPSA) is 36.1 Å². The van der Waals surface area contributed by atoms with Gasteiger partial charge in [0.25, 0.3) is 0 Å². The second-order valence-corrected chi connectivity index (χ2v) is 6.69. The molecule has 0 aliphatic carbocycles. The molecule has 2 aromatic rings. The van der Waals surface area contributed by atoms with Crippen LogP contribution >= 0.6 is 0 Å². The number of H-pyrrole nitrogens is 1. The molecule has 21 heavy (non-hydrogen) atoms. The third kappa shape index (κ3) is 1.26. The van der Waals surface area contributed by atoms with Gasteiger partial charge in [0.1, 0.15) is 0 Å². The van der Waals surface area contributed by atoms with E-state index in [1.807, 2.05) is 0 Å². The van der Waals surface area contributed by atoms with E-state index in [4.69, 9.17) is 0 Å². The van der Waals surface area contributed by atoms with Crippen molar-refractivity contribution in [3.05, 3.63) is 47.7 Å². The summed E-state index contributed by atoms with van der Waals surface area (Å²) in [5.41, 5.74) is 5.02. The molecule has 1 aromatic carbocycles. The highest BCUT2D eigenvalue weighted by molar-refractivity contribution is 5.94. The second-order valence-electron chi connectivity index (χ2n) is 6.69. The van der Waals surface area contributed by atoms with Crippen LogP contribution in [0.25, 0.3) is 10.9 Å². The number of nitrogens with one attached hydrogen (secondary N) is 1. The van der Waals surface area contributed by atoms with Crippen LogP contribution in [0.3, 0.4) is 0 Å². The summed E-state index contributed by atoms with van der Waals surface area (Å²) in [5, 5.41) is 1.29. The molecule has 3 fully saturated rings. The summed E-state index contributed by atoms with van der Waals surface area (Å²) < 4.78 is 0. The molecule has 0 radical (unpaired) electrons. The van der Waals surface area contributed by atoms with Crippen molar-refractivity contribution >= 4 is 16.7 Å². The summed E-state index contributed by atoms with van der Waals surface area (Å²) in [5.74, 6) is 0.463. The minimum absolute atomic E-state index is 0.0564. The number of carbonyl (C=O) groups excluding carboxylic acids is 1. The summed E-state index contributed by atoms with van der Waals surface area (Å²) >= 11 is 0. The number of aromatic amines is 1. The quantitative estimate of drug-likeness (QED) is 0.752. The Hall–Kier alpha value is -1.87. The summed E-state index contributed by atoms with van der Waals surface area (Å²) in [6.45, 7) is 6.38. The van der Waals surface area contributed by atoms with Crippen LogP contribution in [-0.4, -0.2) is 27.8 Å². The maximum atomic E-state index is 12.7. The van der Waals surface area contributed by atoms with Crippen LogP contribution in [-0.2, 0) is 11.2 Å². The zero-order chi connectivity index (χ0) is 14.3. The first-order chi connectivity index (χ1) is 10.2. The monoisotopic (exact) mass is 278 g/mol. The Morgan fingerprint density at radius 2 is 2.10 bits per heavy atom. The Morgan fingerprint density at radius 3 is 2.95 bits per heavy atom. The van der Waals surface area contributed by atoms with Crippen LogP contribution < -0.4 is 0 Å². The Morgan fingerprint density at radius 1 is 1.29 bits per heavy atom. The summed E-state index contributed by atoms with van der Waals surface area (Å²) in [7, 11) is 0. The smallest absolute Gasteiger partial charge is 0.157 e. The number of Topliss-reactive ketones (excluding diaryl/α,β-unsaturated/α-hetero) is 1. The molecule has 3 saturated heterocycles. The number of hydrogen-bond donors (Lipinski definition) is 1. The molecule has 1 N–H and O–H groups in total. The molecule has 3 heteroatoms. The van der Waals surface area contributed by atoms with Crippen molar-refractivity contribution in [3.63, 3.8) is 0 Å². The Bertz CT molecular complexity index is 803. The number of carbonyl (C=O) groups is 1. The van der Waals surface area contributed by atoms with Crippen molar-refractivity contribution in [1.82, 2.24) is 9.88 Å². The lowest BCUT2D eigenvalue weighted by Crippen LogP contribution is -2.63. The number of nitrogens with zero attached hydrogens (tertiary/aromatic N) is 1. The van der Waals surface area contributed by atoms with E-state index in [0.717, 1.165) is 18.4 Å². The fourth-order valence-electron chi connectivity index (χ4n) is 4.81. The molecule has 4 aliphatic heterocycles. The number of benzene rings is 1. The number of hydrogen-bond acceptors (Lipinski definition) is 2. The first kappa shape index (κ1) is 11.8. The minimum atomic E-state index is 0.0564. The summed E-state index contributed by atoms with van der Waals surface area (Å²) in [6.07, 6.45) is 1.75. The van der Waals surface area contributed by atoms with Crippen molar-refractivity contribution in [1.29, 1.82) is 0 Å². The zero-order valence-electron chi connectivity index (χ0n) is 12.1. The molecule has 0 saturated carbocycles. The van der Waals surface area contributed by atoms with Crippen LogP contribution in [0.1, 0.15) is 30.6 Å². The molecule has 4 bridgehead atoms. The summed E-state index contributed by atoms with van der Waals surface area (Å²) in [4.78, 5) is 18.7. The number of ketones is 1. The molecule has 4 aliphatic rings. The van der Waals surface area contributed by atoms with Gasteiger partial charge in [0, 0.05) is 28.6 Å². The average Bonchev–Trinajstić information content (AvgIpc) is 2.86. The van der Waals surface area contributed by atoms with Crippen molar-refractivity contribution in [2.45, 2.75) is 37.9 Å². The van der Waals surface area contributed by atoms with Gasteiger partial charge in [-0.2, -0.15) is 0 Å². The van der Waals surface area contributed by atoms with Gasteiger partial charge in [0.15, 0.2) is 5.78 Å². The third-order valence-corrected chi connectivity index (χ3v) is 5.86. The van der Waals surface area contributed by atoms with Crippen molar-refractivity contribution in [2.75, 3.05) is 0 Å². The van der Waals surface area contributed by atoms with Crippen LogP contribution in [0.2, 0.25) is 0 Å². The molecule has 1 aromatic heterocycles. The molecule has 5 heterocycles. The SMILES string of the molecule is C=C1C2C[C@H]3c4[nH]c5ccccc5c4C[C@@H](C2=O)N3[C@H]1C. The van der Waals surface area contributed by atoms with Gasteiger partial charge in [0.05, 0.1) is 12.1 Å². The highest BCUT2D eigenvalue weighted by atomic mass is 16.1. The molecule has 2 unspecified atom stereocenters. The molecule has 0 amide bonds. The normalized spacial score (nSPS) is 37.1. The van der Waals surface area contributed by atoms with Gasteiger partial charge in [-0.3, -0.25) is 9.69 Å². The fourth-order valence-corrected chi connectivity index (χ4v) is 4.81. The van der Waals surface area contributed by atoms with Crippen molar-refractivity contribution in [3.8, 4) is 0 Å². The maximum absolute atomic E-state index is 12.7. The molecule has 5 atom stereocenters. The standard InChI is InChI=1S/C18H18N2O/c1-9-10(2)20-15-7-12(9)18(21)16(20)8-13-11-5-3-4-6-14(11)19-17(13)15/h3-6,10,12,15-16,19H,1,7-8H2,2H3/t10-,12?,15-,16-/m0/s1. The van der Waals surface area contributed by atoms with Gasteiger partial charge in [0.2, 0.25) is 0 Å². The van der Waals surface area contributed by atoms with Crippen molar-refractivity contribution < 1.29 is 4.79 Å². The van der Waals surface area contributed by atoms with E-state index in [2.05, 4.69) is 47.7 Å². The van der Waals surface area contributed by atoms with Gasteiger partial charge in [-0.05, 0) is 37.0 Å². The predicted octanol–water partition coefficient (Wildman–Crippen LogP) is 2.98. The van der Waals surface area contributed by atoms with Crippen LogP contribution in [0.5, 0.6) is 0 Å². The third-order valence-electron chi connectivity index (χ3n) is 5.86. The zero-order valence-corrected chi connectivity index (χ0v) is 12.1. The van der Waals surface area contributed by atoms with E-state index in [0.29, 0.717) is 17.9 Å². The molecular formula is C18H18N2O. The van der Waals surface area contributed by atoms with E-state index in [9.17, 15) is 4.79 Å². The van der Waals surface area contributed by atoms with Crippen LogP contribution in [0, 0.1) is 5.92 Å². The molecular weight excluding hydrogens is 260 g/mol. The van der Waals surface area contributed by atoms with Gasteiger partial charge in [-0.1, -0.05) is 24.8 Å². The number of piperidine rings is 3. The fraction of sp³-hybridized carbons (Fsp3) is 0.389. The van der Waals surface area contributed by atoms with Gasteiger partial charge < -0.3 is 4.98 Å².